The maximum Gasteiger partial charge on any atom is 0.231 e. The molecule has 8 nitrogen and oxygen atoms in total. The average molecular weight is 432 g/mol. The molecule has 1 N–H and O–H groups in total. The second-order valence-electron chi connectivity index (χ2n) is 7.60. The van der Waals surface area contributed by atoms with E-state index in [1.807, 2.05) is 18.2 Å². The summed E-state index contributed by atoms with van der Waals surface area (Å²) in [5, 5.41) is 11.8. The number of benzene rings is 2. The summed E-state index contributed by atoms with van der Waals surface area (Å²) in [4.78, 5) is 0. The van der Waals surface area contributed by atoms with Crippen LogP contribution in [0.25, 0.3) is 0 Å². The van der Waals surface area contributed by atoms with Gasteiger partial charge in [-0.2, -0.15) is 0 Å². The van der Waals surface area contributed by atoms with Gasteiger partial charge in [0.15, 0.2) is 28.8 Å². The summed E-state index contributed by atoms with van der Waals surface area (Å²) < 4.78 is 39.1. The van der Waals surface area contributed by atoms with Crippen molar-refractivity contribution in [3.8, 4) is 23.0 Å². The van der Waals surface area contributed by atoms with Gasteiger partial charge in [0.1, 0.15) is 0 Å². The van der Waals surface area contributed by atoms with Gasteiger partial charge in [0.05, 0.1) is 33.5 Å². The van der Waals surface area contributed by atoms with E-state index in [1.165, 1.54) is 0 Å². The van der Waals surface area contributed by atoms with Gasteiger partial charge in [-0.25, -0.2) is 0 Å². The van der Waals surface area contributed by atoms with Gasteiger partial charge < -0.3 is 38.3 Å². The molecule has 31 heavy (non-hydrogen) atoms. The molecule has 0 spiro atoms. The number of fused-ring (bicyclic) bond motifs is 1. The first-order chi connectivity index (χ1) is 15.0. The summed E-state index contributed by atoms with van der Waals surface area (Å²) in [5.41, 5.74) is 1.42. The summed E-state index contributed by atoms with van der Waals surface area (Å²) >= 11 is 0. The van der Waals surface area contributed by atoms with Gasteiger partial charge in [-0.15, -0.1) is 0 Å². The Morgan fingerprint density at radius 3 is 2.35 bits per heavy atom. The van der Waals surface area contributed by atoms with Gasteiger partial charge in [0.2, 0.25) is 6.79 Å². The van der Waals surface area contributed by atoms with Crippen molar-refractivity contribution in [2.45, 2.75) is 11.9 Å². The van der Waals surface area contributed by atoms with E-state index in [2.05, 4.69) is 0 Å². The molecule has 1 fully saturated rings. The van der Waals surface area contributed by atoms with Crippen LogP contribution < -0.4 is 18.9 Å². The fraction of sp³-hybridized carbons (Fsp3) is 0.478. The molecule has 1 saturated heterocycles. The van der Waals surface area contributed by atoms with Crippen molar-refractivity contribution >= 4 is 0 Å². The molecule has 0 saturated carbocycles. The predicted molar refractivity (Wildman–Crippen MR) is 111 cm³/mol. The number of hydrogen-bond donors (Lipinski definition) is 1. The molecule has 2 aliphatic rings. The summed E-state index contributed by atoms with van der Waals surface area (Å²) in [7, 11) is 6.41. The van der Waals surface area contributed by atoms with Crippen LogP contribution in [0.15, 0.2) is 36.4 Å². The zero-order valence-corrected chi connectivity index (χ0v) is 18.1. The number of rotatable bonds is 8. The van der Waals surface area contributed by atoms with Crippen LogP contribution in [-0.4, -0.2) is 53.6 Å². The van der Waals surface area contributed by atoms with Crippen molar-refractivity contribution in [1.82, 2.24) is 0 Å². The quantitative estimate of drug-likeness (QED) is 0.682. The molecule has 0 amide bonds. The Bertz CT molecular complexity index is 916. The molecule has 2 heterocycles. The number of aliphatic hydroxyl groups is 1. The van der Waals surface area contributed by atoms with E-state index in [-0.39, 0.29) is 19.3 Å². The van der Waals surface area contributed by atoms with Crippen LogP contribution in [0.1, 0.15) is 17.2 Å². The monoisotopic (exact) mass is 432 g/mol. The number of methoxy groups -OCH3 is 4. The van der Waals surface area contributed by atoms with Crippen molar-refractivity contribution in [3.63, 3.8) is 0 Å². The standard InChI is InChI=1S/C23H28O8/c1-25-11-16-17(12-26-2)23(24,15-6-8-19-21(10-15)30-13-29-19)31-22(16)14-5-7-18(27-3)20(9-14)28-4/h5-10,16-17,22,24H,11-13H2,1-4H3/t16-,17-,22+,23?/m1/s1. The van der Waals surface area contributed by atoms with Crippen LogP contribution in [0, 0.1) is 11.8 Å². The molecule has 4 rings (SSSR count). The third-order valence-corrected chi connectivity index (χ3v) is 5.94. The summed E-state index contributed by atoms with van der Waals surface area (Å²) in [5.74, 6) is 0.225. The fourth-order valence-electron chi connectivity index (χ4n) is 4.43. The van der Waals surface area contributed by atoms with E-state index >= 15 is 0 Å². The topological polar surface area (TPSA) is 84.8 Å². The molecule has 1 unspecified atom stereocenters. The highest BCUT2D eigenvalue weighted by atomic mass is 16.7. The molecule has 0 radical (unpaired) electrons. The molecule has 2 aromatic carbocycles. The summed E-state index contributed by atoms with van der Waals surface area (Å²) in [6.07, 6.45) is -0.463. The number of hydrogen-bond acceptors (Lipinski definition) is 8. The minimum atomic E-state index is -1.61. The van der Waals surface area contributed by atoms with Crippen LogP contribution >= 0.6 is 0 Å². The molecule has 2 aliphatic heterocycles. The van der Waals surface area contributed by atoms with Crippen molar-refractivity contribution < 1.29 is 38.3 Å². The van der Waals surface area contributed by atoms with Crippen molar-refractivity contribution in [2.75, 3.05) is 48.4 Å². The number of ether oxygens (including phenoxy) is 7. The van der Waals surface area contributed by atoms with Crippen LogP contribution in [-0.2, 0) is 20.0 Å². The van der Waals surface area contributed by atoms with Gasteiger partial charge in [-0.1, -0.05) is 6.07 Å². The first-order valence-corrected chi connectivity index (χ1v) is 10.1. The van der Waals surface area contributed by atoms with Crippen molar-refractivity contribution in [2.24, 2.45) is 11.8 Å². The lowest BCUT2D eigenvalue weighted by Crippen LogP contribution is -2.37. The first-order valence-electron chi connectivity index (χ1n) is 10.1. The minimum absolute atomic E-state index is 0.153. The summed E-state index contributed by atoms with van der Waals surface area (Å²) in [6.45, 7) is 0.808. The van der Waals surface area contributed by atoms with Gasteiger partial charge in [-0.05, 0) is 35.9 Å². The molecule has 2 aromatic rings. The molecule has 8 heteroatoms. The first kappa shape index (κ1) is 21.7. The van der Waals surface area contributed by atoms with Gasteiger partial charge >= 0.3 is 0 Å². The molecule has 0 aromatic heterocycles. The zero-order chi connectivity index (χ0) is 22.0. The van der Waals surface area contributed by atoms with Crippen LogP contribution in [0.4, 0.5) is 0 Å². The van der Waals surface area contributed by atoms with E-state index in [1.54, 1.807) is 46.6 Å². The second-order valence-corrected chi connectivity index (χ2v) is 7.60. The third-order valence-electron chi connectivity index (χ3n) is 5.94. The zero-order valence-electron chi connectivity index (χ0n) is 18.1. The van der Waals surface area contributed by atoms with E-state index in [4.69, 9.17) is 33.2 Å². The normalized spacial score (nSPS) is 26.8. The lowest BCUT2D eigenvalue weighted by Gasteiger charge is -2.30. The van der Waals surface area contributed by atoms with Crippen LogP contribution in [0.2, 0.25) is 0 Å². The third kappa shape index (κ3) is 3.80. The Morgan fingerprint density at radius 2 is 1.65 bits per heavy atom. The maximum absolute atomic E-state index is 11.8. The highest BCUT2D eigenvalue weighted by Crippen LogP contribution is 2.53. The Balaban J connectivity index is 1.76. The van der Waals surface area contributed by atoms with Crippen LogP contribution in [0.3, 0.4) is 0 Å². The van der Waals surface area contributed by atoms with Gasteiger partial charge in [0.25, 0.3) is 0 Å². The fourth-order valence-corrected chi connectivity index (χ4v) is 4.43. The molecule has 4 atom stereocenters. The Hall–Kier alpha value is -2.52. The lowest BCUT2D eigenvalue weighted by molar-refractivity contribution is -0.228. The lowest BCUT2D eigenvalue weighted by atomic mass is 9.81. The molecular weight excluding hydrogens is 404 g/mol. The van der Waals surface area contributed by atoms with E-state index in [0.29, 0.717) is 35.2 Å². The Morgan fingerprint density at radius 1 is 0.903 bits per heavy atom. The van der Waals surface area contributed by atoms with Crippen LogP contribution in [0.5, 0.6) is 23.0 Å². The van der Waals surface area contributed by atoms with Gasteiger partial charge in [-0.3, -0.25) is 0 Å². The van der Waals surface area contributed by atoms with Gasteiger partial charge in [0, 0.05) is 31.6 Å². The maximum atomic E-state index is 11.8. The summed E-state index contributed by atoms with van der Waals surface area (Å²) in [6, 6.07) is 10.9. The molecule has 0 aliphatic carbocycles. The molecular formula is C23H28O8. The molecule has 0 bridgehead atoms. The van der Waals surface area contributed by atoms with E-state index in [0.717, 1.165) is 5.56 Å². The predicted octanol–water partition coefficient (Wildman–Crippen LogP) is 2.87. The van der Waals surface area contributed by atoms with E-state index in [9.17, 15) is 5.11 Å². The highest BCUT2D eigenvalue weighted by Gasteiger charge is 2.55. The molecule has 168 valence electrons. The SMILES string of the molecule is COC[C@@H]1[C@@H](COC)C(O)(c2ccc3c(c2)OCO3)O[C@H]1c1ccc(OC)c(OC)c1. The smallest absolute Gasteiger partial charge is 0.231 e. The van der Waals surface area contributed by atoms with Crippen molar-refractivity contribution in [3.05, 3.63) is 47.5 Å². The van der Waals surface area contributed by atoms with Crippen molar-refractivity contribution in [1.29, 1.82) is 0 Å². The Kier molecular flexibility index (Phi) is 6.24. The highest BCUT2D eigenvalue weighted by molar-refractivity contribution is 5.47. The second kappa shape index (κ2) is 8.92. The minimum Gasteiger partial charge on any atom is -0.493 e. The average Bonchev–Trinajstić information content (AvgIpc) is 3.37. The van der Waals surface area contributed by atoms with E-state index < -0.39 is 17.8 Å². The largest absolute Gasteiger partial charge is 0.493 e. The Labute approximate surface area is 181 Å².